The first-order valence-electron chi connectivity index (χ1n) is 9.05. The molecule has 1 atom stereocenters. The summed E-state index contributed by atoms with van der Waals surface area (Å²) >= 11 is 0. The lowest BCUT2D eigenvalue weighted by atomic mass is 9.96. The van der Waals surface area contributed by atoms with E-state index in [1.165, 1.54) is 12.1 Å². The third kappa shape index (κ3) is 5.81. The second-order valence-corrected chi connectivity index (χ2v) is 6.49. The Hall–Kier alpha value is -1.95. The lowest BCUT2D eigenvalue weighted by Crippen LogP contribution is -2.46. The van der Waals surface area contributed by atoms with Gasteiger partial charge in [-0.15, -0.1) is 0 Å². The number of piperidine rings is 1. The molecule has 0 spiro atoms. The molecule has 0 saturated carbocycles. The van der Waals surface area contributed by atoms with E-state index in [2.05, 4.69) is 10.2 Å². The molecule has 1 aliphatic rings. The van der Waals surface area contributed by atoms with Gasteiger partial charge < -0.3 is 10.2 Å². The predicted molar refractivity (Wildman–Crippen MR) is 95.3 cm³/mol. The molecule has 25 heavy (non-hydrogen) atoms. The Morgan fingerprint density at radius 1 is 1.32 bits per heavy atom. The van der Waals surface area contributed by atoms with Crippen molar-refractivity contribution in [2.75, 3.05) is 32.7 Å². The van der Waals surface area contributed by atoms with E-state index < -0.39 is 0 Å². The maximum Gasteiger partial charge on any atom is 0.241 e. The van der Waals surface area contributed by atoms with E-state index in [9.17, 15) is 14.0 Å². The van der Waals surface area contributed by atoms with Gasteiger partial charge >= 0.3 is 0 Å². The maximum atomic E-state index is 13.3. The van der Waals surface area contributed by atoms with Crippen molar-refractivity contribution in [3.05, 3.63) is 35.6 Å². The van der Waals surface area contributed by atoms with Crippen LogP contribution in [-0.2, 0) is 16.1 Å². The Kier molecular flexibility index (Phi) is 7.37. The Labute approximate surface area is 149 Å². The summed E-state index contributed by atoms with van der Waals surface area (Å²) in [6.45, 7) is 7.39. The van der Waals surface area contributed by atoms with Crippen LogP contribution in [-0.4, -0.2) is 54.3 Å². The molecule has 0 radical (unpaired) electrons. The van der Waals surface area contributed by atoms with Crippen molar-refractivity contribution in [2.45, 2.75) is 33.2 Å². The number of hydrogen-bond acceptors (Lipinski definition) is 3. The van der Waals surface area contributed by atoms with Crippen LogP contribution in [0.5, 0.6) is 0 Å². The summed E-state index contributed by atoms with van der Waals surface area (Å²) in [4.78, 5) is 28.3. The number of benzene rings is 1. The highest BCUT2D eigenvalue weighted by molar-refractivity contribution is 5.86. The molecule has 1 heterocycles. The van der Waals surface area contributed by atoms with Gasteiger partial charge in [0.1, 0.15) is 5.82 Å². The third-order valence-corrected chi connectivity index (χ3v) is 4.70. The SMILES string of the molecule is CCN(CC)C(=O)CNC(=O)[C@H]1CCCN(Cc2cccc(F)c2)C1. The number of carbonyl (C=O) groups excluding carboxylic acids is 2. The molecule has 1 N–H and O–H groups in total. The Morgan fingerprint density at radius 2 is 2.08 bits per heavy atom. The molecule has 6 heteroatoms. The lowest BCUT2D eigenvalue weighted by Gasteiger charge is -2.32. The second-order valence-electron chi connectivity index (χ2n) is 6.49. The molecule has 1 aromatic rings. The van der Waals surface area contributed by atoms with Gasteiger partial charge in [-0.1, -0.05) is 12.1 Å². The fourth-order valence-corrected chi connectivity index (χ4v) is 3.30. The Bertz CT molecular complexity index is 590. The van der Waals surface area contributed by atoms with E-state index in [0.29, 0.717) is 26.2 Å². The van der Waals surface area contributed by atoms with Gasteiger partial charge in [-0.25, -0.2) is 4.39 Å². The Balaban J connectivity index is 1.83. The van der Waals surface area contributed by atoms with Crippen molar-refractivity contribution in [1.82, 2.24) is 15.1 Å². The average molecular weight is 349 g/mol. The number of nitrogens with zero attached hydrogens (tertiary/aromatic N) is 2. The van der Waals surface area contributed by atoms with Crippen LogP contribution in [0.2, 0.25) is 0 Å². The normalized spacial score (nSPS) is 18.0. The van der Waals surface area contributed by atoms with Gasteiger partial charge in [0.15, 0.2) is 0 Å². The van der Waals surface area contributed by atoms with Crippen molar-refractivity contribution < 1.29 is 14.0 Å². The summed E-state index contributed by atoms with van der Waals surface area (Å²) in [5.74, 6) is -0.472. The fraction of sp³-hybridized carbons (Fsp3) is 0.579. The topological polar surface area (TPSA) is 52.7 Å². The highest BCUT2D eigenvalue weighted by Gasteiger charge is 2.26. The molecule has 0 aliphatic carbocycles. The molecule has 0 bridgehead atoms. The molecule has 0 unspecified atom stereocenters. The van der Waals surface area contributed by atoms with E-state index in [4.69, 9.17) is 0 Å². The highest BCUT2D eigenvalue weighted by atomic mass is 19.1. The highest BCUT2D eigenvalue weighted by Crippen LogP contribution is 2.19. The van der Waals surface area contributed by atoms with Gasteiger partial charge in [0.25, 0.3) is 0 Å². The molecular weight excluding hydrogens is 321 g/mol. The molecule has 1 aromatic carbocycles. The molecule has 1 aliphatic heterocycles. The number of likely N-dealkylation sites (N-methyl/N-ethyl adjacent to an activating group) is 1. The third-order valence-electron chi connectivity index (χ3n) is 4.70. The number of rotatable bonds is 7. The van der Waals surface area contributed by atoms with E-state index in [1.807, 2.05) is 19.9 Å². The number of halogens is 1. The summed E-state index contributed by atoms with van der Waals surface area (Å²) in [6, 6.07) is 6.57. The molecule has 0 aromatic heterocycles. The lowest BCUT2D eigenvalue weighted by molar-refractivity contribution is -0.134. The largest absolute Gasteiger partial charge is 0.347 e. The van der Waals surface area contributed by atoms with Gasteiger partial charge in [-0.2, -0.15) is 0 Å². The van der Waals surface area contributed by atoms with Crippen molar-refractivity contribution in [1.29, 1.82) is 0 Å². The number of carbonyl (C=O) groups is 2. The summed E-state index contributed by atoms with van der Waals surface area (Å²) in [5.41, 5.74) is 0.915. The Morgan fingerprint density at radius 3 is 2.76 bits per heavy atom. The van der Waals surface area contributed by atoms with Crippen molar-refractivity contribution >= 4 is 11.8 Å². The van der Waals surface area contributed by atoms with Crippen LogP contribution in [0, 0.1) is 11.7 Å². The van der Waals surface area contributed by atoms with E-state index in [1.54, 1.807) is 11.0 Å². The van der Waals surface area contributed by atoms with E-state index >= 15 is 0 Å². The molecular formula is C19H28FN3O2. The summed E-state index contributed by atoms with van der Waals surface area (Å²) < 4.78 is 13.3. The second kappa shape index (κ2) is 9.51. The minimum atomic E-state index is -0.237. The van der Waals surface area contributed by atoms with Gasteiger partial charge in [0.2, 0.25) is 11.8 Å². The number of hydrogen-bond donors (Lipinski definition) is 1. The van der Waals surface area contributed by atoms with Gasteiger partial charge in [0, 0.05) is 26.2 Å². The van der Waals surface area contributed by atoms with Crippen LogP contribution in [0.25, 0.3) is 0 Å². The standard InChI is InChI=1S/C19H28FN3O2/c1-3-23(4-2)18(24)12-21-19(25)16-8-6-10-22(14-16)13-15-7-5-9-17(20)11-15/h5,7,9,11,16H,3-4,6,8,10,12-14H2,1-2H3,(H,21,25)/t16-/m0/s1. The first kappa shape index (κ1) is 19.4. The van der Waals surface area contributed by atoms with Crippen LogP contribution in [0.15, 0.2) is 24.3 Å². The molecule has 1 fully saturated rings. The first-order chi connectivity index (χ1) is 12.0. The monoisotopic (exact) mass is 349 g/mol. The van der Waals surface area contributed by atoms with Crippen molar-refractivity contribution in [3.63, 3.8) is 0 Å². The smallest absolute Gasteiger partial charge is 0.241 e. The maximum absolute atomic E-state index is 13.3. The number of amides is 2. The zero-order valence-electron chi connectivity index (χ0n) is 15.1. The zero-order chi connectivity index (χ0) is 18.2. The fourth-order valence-electron chi connectivity index (χ4n) is 3.30. The van der Waals surface area contributed by atoms with E-state index in [-0.39, 0.29) is 30.1 Å². The van der Waals surface area contributed by atoms with Crippen LogP contribution in [0.1, 0.15) is 32.3 Å². The molecule has 1 saturated heterocycles. The van der Waals surface area contributed by atoms with Crippen LogP contribution in [0.3, 0.4) is 0 Å². The number of nitrogens with one attached hydrogen (secondary N) is 1. The molecule has 2 rings (SSSR count). The minimum Gasteiger partial charge on any atom is -0.347 e. The van der Waals surface area contributed by atoms with Crippen molar-refractivity contribution in [2.24, 2.45) is 5.92 Å². The molecule has 5 nitrogen and oxygen atoms in total. The number of likely N-dealkylation sites (tertiary alicyclic amines) is 1. The molecule has 138 valence electrons. The summed E-state index contributed by atoms with van der Waals surface area (Å²) in [6.07, 6.45) is 1.75. The van der Waals surface area contributed by atoms with Crippen molar-refractivity contribution in [3.8, 4) is 0 Å². The van der Waals surface area contributed by atoms with Crippen LogP contribution in [0.4, 0.5) is 4.39 Å². The van der Waals surface area contributed by atoms with Gasteiger partial charge in [-0.3, -0.25) is 14.5 Å². The van der Waals surface area contributed by atoms with Gasteiger partial charge in [-0.05, 0) is 50.9 Å². The van der Waals surface area contributed by atoms with Crippen LogP contribution >= 0.6 is 0 Å². The molecule has 2 amide bonds. The summed E-state index contributed by atoms with van der Waals surface area (Å²) in [5, 5.41) is 2.78. The van der Waals surface area contributed by atoms with Gasteiger partial charge in [0.05, 0.1) is 12.5 Å². The first-order valence-corrected chi connectivity index (χ1v) is 9.05. The quantitative estimate of drug-likeness (QED) is 0.819. The van der Waals surface area contributed by atoms with E-state index in [0.717, 1.165) is 24.9 Å². The average Bonchev–Trinajstić information content (AvgIpc) is 2.61. The zero-order valence-corrected chi connectivity index (χ0v) is 15.1. The minimum absolute atomic E-state index is 0.0502. The summed E-state index contributed by atoms with van der Waals surface area (Å²) in [7, 11) is 0. The van der Waals surface area contributed by atoms with Crippen LogP contribution < -0.4 is 5.32 Å². The predicted octanol–water partition coefficient (Wildman–Crippen LogP) is 2.02.